The lowest BCUT2D eigenvalue weighted by Crippen LogP contribution is -2.39. The second-order valence-electron chi connectivity index (χ2n) is 9.51. The molecule has 1 fully saturated rings. The minimum Gasteiger partial charge on any atom is -0.480 e. The van der Waals surface area contributed by atoms with Crippen molar-refractivity contribution in [3.05, 3.63) is 0 Å². The summed E-state index contributed by atoms with van der Waals surface area (Å²) in [6.07, 6.45) is 6.38. The van der Waals surface area contributed by atoms with Crippen LogP contribution in [0.3, 0.4) is 0 Å². The van der Waals surface area contributed by atoms with Crippen molar-refractivity contribution < 1.29 is 43.7 Å². The number of hydrogen-bond acceptors (Lipinski definition) is 10. The van der Waals surface area contributed by atoms with Crippen molar-refractivity contribution >= 4 is 51.2 Å². The summed E-state index contributed by atoms with van der Waals surface area (Å²) in [4.78, 5) is 57.2. The second-order valence-corrected chi connectivity index (χ2v) is 12.3. The Kier molecular flexibility index (Phi) is 22.1. The Hall–Kier alpha value is -2.07. The normalized spacial score (nSPS) is 15.3. The van der Waals surface area contributed by atoms with Crippen LogP contribution in [0.15, 0.2) is 0 Å². The maximum absolute atomic E-state index is 11.9. The molecule has 1 aliphatic heterocycles. The predicted molar refractivity (Wildman–Crippen MR) is 158 cm³/mol. The van der Waals surface area contributed by atoms with Gasteiger partial charge in [0.25, 0.3) is 0 Å². The summed E-state index contributed by atoms with van der Waals surface area (Å²) in [7, 11) is 3.92. The van der Waals surface area contributed by atoms with Crippen LogP contribution in [0.25, 0.3) is 0 Å². The molecule has 2 atom stereocenters. The number of hydrogen-bond donors (Lipinski definition) is 6. The van der Waals surface area contributed by atoms with Crippen LogP contribution in [-0.2, 0) is 33.4 Å². The molecule has 0 aromatic rings. The van der Waals surface area contributed by atoms with Crippen molar-refractivity contribution in [2.75, 3.05) is 58.4 Å². The fourth-order valence-electron chi connectivity index (χ4n) is 3.79. The first kappa shape index (κ1) is 37.0. The van der Waals surface area contributed by atoms with Gasteiger partial charge in [-0.3, -0.25) is 29.3 Å². The Morgan fingerprint density at radius 3 is 1.93 bits per heavy atom. The lowest BCUT2D eigenvalue weighted by molar-refractivity contribution is -0.140. The van der Waals surface area contributed by atoms with E-state index in [4.69, 9.17) is 19.7 Å². The summed E-state index contributed by atoms with van der Waals surface area (Å²) in [6, 6.07) is -0.953. The Labute approximate surface area is 249 Å². The van der Waals surface area contributed by atoms with Gasteiger partial charge >= 0.3 is 11.9 Å². The first-order valence-electron chi connectivity index (χ1n) is 14.2. The number of amides is 3. The molecule has 13 nitrogen and oxygen atoms in total. The minimum atomic E-state index is -1.13. The largest absolute Gasteiger partial charge is 0.480 e. The Balaban J connectivity index is 1.86. The summed E-state index contributed by atoms with van der Waals surface area (Å²) in [5.41, 5.74) is 0. The van der Waals surface area contributed by atoms with Gasteiger partial charge in [-0.2, -0.15) is 0 Å². The Morgan fingerprint density at radius 1 is 0.756 bits per heavy atom. The molecule has 1 heterocycles. The zero-order valence-corrected chi connectivity index (χ0v) is 25.3. The van der Waals surface area contributed by atoms with Crippen molar-refractivity contribution in [1.82, 2.24) is 21.3 Å². The molecule has 0 spiro atoms. The van der Waals surface area contributed by atoms with Crippen LogP contribution in [0.5, 0.6) is 0 Å². The van der Waals surface area contributed by atoms with Gasteiger partial charge in [0.2, 0.25) is 17.7 Å². The SMILES string of the molecule is O=C(O)CNC(CCCCNC(=O)CCC(=O)NCCOCCOCCNC(=O)CCCCC1CCSS1)C(=O)O. The van der Waals surface area contributed by atoms with Gasteiger partial charge in [0.05, 0.1) is 33.0 Å². The molecule has 0 radical (unpaired) electrons. The quantitative estimate of drug-likeness (QED) is 0.0597. The molecule has 2 unspecified atom stereocenters. The van der Waals surface area contributed by atoms with E-state index in [1.807, 2.05) is 21.6 Å². The molecule has 6 N–H and O–H groups in total. The van der Waals surface area contributed by atoms with Crippen LogP contribution in [0, 0.1) is 0 Å². The smallest absolute Gasteiger partial charge is 0.320 e. The summed E-state index contributed by atoms with van der Waals surface area (Å²) in [5.74, 6) is -1.49. The highest BCUT2D eigenvalue weighted by molar-refractivity contribution is 8.77. The van der Waals surface area contributed by atoms with Gasteiger partial charge < -0.3 is 35.6 Å². The van der Waals surface area contributed by atoms with E-state index < -0.39 is 24.5 Å². The van der Waals surface area contributed by atoms with Gasteiger partial charge in [-0.05, 0) is 38.5 Å². The van der Waals surface area contributed by atoms with Crippen molar-refractivity contribution in [3.8, 4) is 0 Å². The van der Waals surface area contributed by atoms with Crippen LogP contribution in [0.1, 0.15) is 64.2 Å². The lowest BCUT2D eigenvalue weighted by atomic mass is 10.1. The van der Waals surface area contributed by atoms with Crippen molar-refractivity contribution in [2.45, 2.75) is 75.5 Å². The molecule has 1 saturated heterocycles. The van der Waals surface area contributed by atoms with Gasteiger partial charge in [-0.1, -0.05) is 28.0 Å². The van der Waals surface area contributed by atoms with E-state index in [-0.39, 0.29) is 37.0 Å². The van der Waals surface area contributed by atoms with Crippen molar-refractivity contribution in [2.24, 2.45) is 0 Å². The Morgan fingerprint density at radius 2 is 1.37 bits per heavy atom. The van der Waals surface area contributed by atoms with Gasteiger partial charge in [0.15, 0.2) is 0 Å². The van der Waals surface area contributed by atoms with Crippen LogP contribution >= 0.6 is 21.6 Å². The van der Waals surface area contributed by atoms with Crippen LogP contribution in [-0.4, -0.2) is 110 Å². The molecule has 236 valence electrons. The van der Waals surface area contributed by atoms with Gasteiger partial charge in [0.1, 0.15) is 6.04 Å². The van der Waals surface area contributed by atoms with E-state index in [1.54, 1.807) is 0 Å². The molecule has 3 amide bonds. The number of carbonyl (C=O) groups excluding carboxylic acids is 3. The molecule has 0 aliphatic carbocycles. The highest BCUT2D eigenvalue weighted by Crippen LogP contribution is 2.39. The van der Waals surface area contributed by atoms with E-state index >= 15 is 0 Å². The summed E-state index contributed by atoms with van der Waals surface area (Å²) < 4.78 is 10.8. The molecule has 0 bridgehead atoms. The van der Waals surface area contributed by atoms with Gasteiger partial charge in [-0.25, -0.2) is 0 Å². The zero-order chi connectivity index (χ0) is 30.1. The van der Waals surface area contributed by atoms with Crippen LogP contribution in [0.4, 0.5) is 0 Å². The number of aliphatic carboxylic acids is 2. The van der Waals surface area contributed by atoms with E-state index in [1.165, 1.54) is 18.6 Å². The van der Waals surface area contributed by atoms with E-state index in [9.17, 15) is 24.0 Å². The maximum atomic E-state index is 11.9. The van der Waals surface area contributed by atoms with E-state index in [2.05, 4.69) is 21.3 Å². The Bertz CT molecular complexity index is 786. The summed E-state index contributed by atoms with van der Waals surface area (Å²) in [5, 5.41) is 29.1. The third-order valence-corrected chi connectivity index (χ3v) is 9.04. The fourth-order valence-corrected chi connectivity index (χ4v) is 6.81. The number of carboxylic acids is 2. The maximum Gasteiger partial charge on any atom is 0.320 e. The third-order valence-electron chi connectivity index (χ3n) is 6.04. The van der Waals surface area contributed by atoms with Crippen molar-refractivity contribution in [3.63, 3.8) is 0 Å². The average Bonchev–Trinajstić information content (AvgIpc) is 3.45. The molecular formula is C26H46N4O9S2. The number of carbonyl (C=O) groups is 5. The molecule has 1 rings (SSSR count). The molecule has 0 aromatic carbocycles. The third kappa shape index (κ3) is 22.2. The fraction of sp³-hybridized carbons (Fsp3) is 0.808. The highest BCUT2D eigenvalue weighted by Gasteiger charge is 2.17. The molecule has 0 aromatic heterocycles. The van der Waals surface area contributed by atoms with Crippen molar-refractivity contribution in [1.29, 1.82) is 0 Å². The molecule has 1 aliphatic rings. The lowest BCUT2D eigenvalue weighted by Gasteiger charge is -2.13. The first-order chi connectivity index (χ1) is 19.8. The predicted octanol–water partition coefficient (Wildman–Crippen LogP) is 1.16. The van der Waals surface area contributed by atoms with Gasteiger partial charge in [0, 0.05) is 49.9 Å². The first-order valence-corrected chi connectivity index (χ1v) is 16.6. The average molecular weight is 623 g/mol. The van der Waals surface area contributed by atoms with Crippen LogP contribution in [0.2, 0.25) is 0 Å². The van der Waals surface area contributed by atoms with E-state index in [0.29, 0.717) is 65.3 Å². The number of rotatable bonds is 26. The summed E-state index contributed by atoms with van der Waals surface area (Å²) >= 11 is 0. The molecule has 41 heavy (non-hydrogen) atoms. The van der Waals surface area contributed by atoms with Gasteiger partial charge in [-0.15, -0.1) is 0 Å². The highest BCUT2D eigenvalue weighted by atomic mass is 33.1. The number of carboxylic acid groups (broad SMARTS) is 2. The number of ether oxygens (including phenoxy) is 2. The molecular weight excluding hydrogens is 576 g/mol. The second kappa shape index (κ2) is 24.5. The number of nitrogens with one attached hydrogen (secondary N) is 4. The topological polar surface area (TPSA) is 192 Å². The standard InChI is InChI=1S/C26H46N4O9S2/c31-22(7-2-1-5-20-10-18-40-41-20)28-12-14-38-16-17-39-15-13-29-24(33)9-8-23(32)27-11-4-3-6-21(26(36)37)30-19-25(34)35/h20-21,30H,1-19H2,(H,27,32)(H,28,31)(H,29,33)(H,34,35)(H,36,37). The molecule has 0 saturated carbocycles. The number of unbranched alkanes of at least 4 members (excludes halogenated alkanes) is 2. The molecule has 15 heteroatoms. The minimum absolute atomic E-state index is 0.0356. The summed E-state index contributed by atoms with van der Waals surface area (Å²) in [6.45, 7) is 2.17. The monoisotopic (exact) mass is 622 g/mol. The zero-order valence-electron chi connectivity index (χ0n) is 23.7. The van der Waals surface area contributed by atoms with Crippen LogP contribution < -0.4 is 21.3 Å². The van der Waals surface area contributed by atoms with E-state index in [0.717, 1.165) is 18.1 Å².